The molecule has 0 aliphatic carbocycles. The van der Waals surface area contributed by atoms with Crippen molar-refractivity contribution in [2.75, 3.05) is 20.1 Å². The van der Waals surface area contributed by atoms with E-state index in [1.807, 2.05) is 27.8 Å². The molecular weight excluding hydrogens is 166 g/mol. The van der Waals surface area contributed by atoms with Gasteiger partial charge in [0.15, 0.2) is 0 Å². The Morgan fingerprint density at radius 2 is 1.69 bits per heavy atom. The number of hydrogen-bond donors (Lipinski definition) is 0. The van der Waals surface area contributed by atoms with Crippen molar-refractivity contribution in [2.24, 2.45) is 0 Å². The second kappa shape index (κ2) is 3.29. The van der Waals surface area contributed by atoms with Gasteiger partial charge in [-0.2, -0.15) is 4.79 Å². The summed E-state index contributed by atoms with van der Waals surface area (Å²) in [7, 11) is 1.96. The predicted molar refractivity (Wildman–Crippen MR) is 51.4 cm³/mol. The number of hydrogen-bond acceptors (Lipinski definition) is 2. The third-order valence-corrected chi connectivity index (χ3v) is 2.39. The first kappa shape index (κ1) is 10.5. The first-order valence-corrected chi connectivity index (χ1v) is 4.92. The molecule has 3 heteroatoms. The van der Waals surface area contributed by atoms with E-state index >= 15 is 0 Å². The van der Waals surface area contributed by atoms with E-state index in [1.165, 1.54) is 0 Å². The molecule has 0 bridgehead atoms. The summed E-state index contributed by atoms with van der Waals surface area (Å²) in [6.45, 7) is 7.58. The Balaban J connectivity index is 2.57. The smallest absolute Gasteiger partial charge is 0.414 e. The van der Waals surface area contributed by atoms with E-state index in [0.717, 1.165) is 25.9 Å². The molecule has 0 aromatic carbocycles. The number of ether oxygens (including phenoxy) is 1. The van der Waals surface area contributed by atoms with Crippen molar-refractivity contribution in [3.8, 4) is 0 Å². The zero-order valence-corrected chi connectivity index (χ0v) is 9.09. The van der Waals surface area contributed by atoms with Gasteiger partial charge in [0.05, 0.1) is 20.1 Å². The van der Waals surface area contributed by atoms with Crippen LogP contribution in [0.25, 0.3) is 0 Å². The fraction of sp³-hybridized carbons (Fsp3) is 0.900. The van der Waals surface area contributed by atoms with Crippen LogP contribution in [0.3, 0.4) is 0 Å². The molecule has 0 N–H and O–H groups in total. The topological polar surface area (TPSA) is 26.3 Å². The lowest BCUT2D eigenvalue weighted by molar-refractivity contribution is -0.825. The highest BCUT2D eigenvalue weighted by Crippen LogP contribution is 2.20. The predicted octanol–water partition coefficient (Wildman–Crippen LogP) is 2.16. The van der Waals surface area contributed by atoms with Crippen LogP contribution in [0.1, 0.15) is 33.6 Å². The van der Waals surface area contributed by atoms with E-state index < -0.39 is 0 Å². The number of amides is 1. The van der Waals surface area contributed by atoms with Crippen LogP contribution in [0.4, 0.5) is 4.79 Å². The summed E-state index contributed by atoms with van der Waals surface area (Å²) in [6.07, 6.45) is 2.19. The Morgan fingerprint density at radius 1 is 1.23 bits per heavy atom. The number of rotatable bonds is 0. The minimum absolute atomic E-state index is 0.0787. The van der Waals surface area contributed by atoms with Crippen LogP contribution in [0.15, 0.2) is 0 Å². The molecule has 1 amide bonds. The maximum atomic E-state index is 11.7. The zero-order chi connectivity index (χ0) is 10.1. The molecule has 0 atom stereocenters. The largest absolute Gasteiger partial charge is 0.516 e. The fourth-order valence-corrected chi connectivity index (χ4v) is 1.59. The molecule has 1 aliphatic heterocycles. The summed E-state index contributed by atoms with van der Waals surface area (Å²) < 4.78 is 5.81. The molecule has 3 nitrogen and oxygen atoms in total. The summed E-state index contributed by atoms with van der Waals surface area (Å²) in [6, 6.07) is 0. The van der Waals surface area contributed by atoms with Gasteiger partial charge in [0.2, 0.25) is 0 Å². The molecule has 13 heavy (non-hydrogen) atoms. The second-order valence-corrected chi connectivity index (χ2v) is 5.03. The van der Waals surface area contributed by atoms with Gasteiger partial charge in [-0.1, -0.05) is 0 Å². The summed E-state index contributed by atoms with van der Waals surface area (Å²) in [5, 5.41) is 0. The van der Waals surface area contributed by atoms with Crippen molar-refractivity contribution < 1.29 is 14.0 Å². The molecule has 1 heterocycles. The van der Waals surface area contributed by atoms with Crippen molar-refractivity contribution in [3.05, 3.63) is 0 Å². The molecule has 0 unspecified atom stereocenters. The summed E-state index contributed by atoms with van der Waals surface area (Å²) in [5.41, 5.74) is -0.360. The summed E-state index contributed by atoms with van der Waals surface area (Å²) in [4.78, 5) is 11.7. The third-order valence-electron chi connectivity index (χ3n) is 2.39. The molecular formula is C10H20NO2+. The van der Waals surface area contributed by atoms with E-state index in [0.29, 0.717) is 4.48 Å². The number of nitrogens with zero attached hydrogens (tertiary/aromatic N) is 1. The first-order chi connectivity index (χ1) is 5.83. The van der Waals surface area contributed by atoms with Crippen LogP contribution >= 0.6 is 0 Å². The Hall–Kier alpha value is -0.570. The van der Waals surface area contributed by atoms with E-state index in [9.17, 15) is 4.79 Å². The van der Waals surface area contributed by atoms with Crippen molar-refractivity contribution in [2.45, 2.75) is 39.2 Å². The van der Waals surface area contributed by atoms with E-state index in [2.05, 4.69) is 0 Å². The van der Waals surface area contributed by atoms with E-state index in [1.54, 1.807) is 0 Å². The molecule has 0 radical (unpaired) electrons. The number of quaternary nitrogens is 1. The van der Waals surface area contributed by atoms with Crippen LogP contribution in [-0.2, 0) is 4.74 Å². The van der Waals surface area contributed by atoms with Gasteiger partial charge in [-0.15, -0.1) is 0 Å². The molecule has 1 fully saturated rings. The SMILES string of the molecule is CC(C)(C)OC(=O)[N+]1(C)CCCC1. The van der Waals surface area contributed by atoms with Crippen molar-refractivity contribution in [1.29, 1.82) is 0 Å². The highest BCUT2D eigenvalue weighted by atomic mass is 16.6. The van der Waals surface area contributed by atoms with Gasteiger partial charge in [-0.25, -0.2) is 4.48 Å². The maximum Gasteiger partial charge on any atom is 0.516 e. The van der Waals surface area contributed by atoms with Gasteiger partial charge in [-0.3, -0.25) is 0 Å². The second-order valence-electron chi connectivity index (χ2n) is 5.03. The lowest BCUT2D eigenvalue weighted by Gasteiger charge is -2.28. The standard InChI is InChI=1S/C10H20NO2/c1-10(2,3)13-9(12)11(4)7-5-6-8-11/h5-8H2,1-4H3/q+1. The Morgan fingerprint density at radius 3 is 2.08 bits per heavy atom. The lowest BCUT2D eigenvalue weighted by atomic mass is 10.2. The van der Waals surface area contributed by atoms with Crippen molar-refractivity contribution >= 4 is 6.09 Å². The average molecular weight is 186 g/mol. The Labute approximate surface area is 80.3 Å². The van der Waals surface area contributed by atoms with Crippen LogP contribution in [0, 0.1) is 0 Å². The molecule has 0 aromatic rings. The molecule has 0 spiro atoms. The number of carbonyl (C=O) groups is 1. The van der Waals surface area contributed by atoms with Crippen LogP contribution in [0.5, 0.6) is 0 Å². The third kappa shape index (κ3) is 2.69. The normalized spacial score (nSPS) is 21.5. The minimum Gasteiger partial charge on any atom is -0.414 e. The highest BCUT2D eigenvalue weighted by Gasteiger charge is 2.39. The summed E-state index contributed by atoms with van der Waals surface area (Å²) >= 11 is 0. The van der Waals surface area contributed by atoms with Crippen LogP contribution in [0.2, 0.25) is 0 Å². The van der Waals surface area contributed by atoms with Gasteiger partial charge < -0.3 is 4.74 Å². The van der Waals surface area contributed by atoms with Gasteiger partial charge >= 0.3 is 6.09 Å². The molecule has 1 aliphatic rings. The van der Waals surface area contributed by atoms with Crippen molar-refractivity contribution in [1.82, 2.24) is 0 Å². The van der Waals surface area contributed by atoms with Gasteiger partial charge in [0, 0.05) is 12.8 Å². The highest BCUT2D eigenvalue weighted by molar-refractivity contribution is 5.60. The molecule has 0 saturated carbocycles. The first-order valence-electron chi connectivity index (χ1n) is 4.92. The Bertz CT molecular complexity index is 199. The quantitative estimate of drug-likeness (QED) is 0.542. The number of carbonyl (C=O) groups excluding carboxylic acids is 1. The van der Waals surface area contributed by atoms with Gasteiger partial charge in [-0.05, 0) is 20.8 Å². The lowest BCUT2D eigenvalue weighted by Crippen LogP contribution is -2.49. The zero-order valence-electron chi connectivity index (χ0n) is 9.09. The van der Waals surface area contributed by atoms with Gasteiger partial charge in [0.1, 0.15) is 5.60 Å². The van der Waals surface area contributed by atoms with E-state index in [4.69, 9.17) is 4.74 Å². The maximum absolute atomic E-state index is 11.7. The molecule has 1 rings (SSSR count). The Kier molecular flexibility index (Phi) is 2.66. The minimum atomic E-state index is -0.360. The van der Waals surface area contributed by atoms with E-state index in [-0.39, 0.29) is 11.7 Å². The molecule has 1 saturated heterocycles. The monoisotopic (exact) mass is 186 g/mol. The molecule has 76 valence electrons. The van der Waals surface area contributed by atoms with Crippen LogP contribution in [-0.4, -0.2) is 36.3 Å². The van der Waals surface area contributed by atoms with Crippen LogP contribution < -0.4 is 0 Å². The average Bonchev–Trinajstić information content (AvgIpc) is 2.33. The fourth-order valence-electron chi connectivity index (χ4n) is 1.59. The summed E-state index contributed by atoms with van der Waals surface area (Å²) in [5.74, 6) is 0. The molecule has 0 aromatic heterocycles. The van der Waals surface area contributed by atoms with Crippen molar-refractivity contribution in [3.63, 3.8) is 0 Å². The van der Waals surface area contributed by atoms with Gasteiger partial charge in [0.25, 0.3) is 0 Å². The number of likely N-dealkylation sites (tertiary alicyclic amines) is 1.